The lowest BCUT2D eigenvalue weighted by molar-refractivity contribution is 0.0732. The van der Waals surface area contributed by atoms with Crippen LogP contribution in [0.4, 0.5) is 4.39 Å². The van der Waals surface area contributed by atoms with Gasteiger partial charge in [-0.15, -0.1) is 0 Å². The quantitative estimate of drug-likeness (QED) is 0.854. The minimum absolute atomic E-state index is 0.0239. The van der Waals surface area contributed by atoms with E-state index in [1.807, 2.05) is 7.05 Å². The van der Waals surface area contributed by atoms with Gasteiger partial charge in [0.25, 0.3) is 5.91 Å². The highest BCUT2D eigenvalue weighted by Crippen LogP contribution is 2.22. The highest BCUT2D eigenvalue weighted by Gasteiger charge is 2.30. The van der Waals surface area contributed by atoms with Crippen molar-refractivity contribution in [2.45, 2.75) is 18.9 Å². The standard InChI is InChI=1S/C13H17FN2O2/c1-15-8-9-3-2-6-16(9)13(18)11-5-4-10(17)7-12(11)14/h4-5,7,9,15,17H,2-3,6,8H2,1H3. The van der Waals surface area contributed by atoms with Crippen LogP contribution in [0, 0.1) is 5.82 Å². The largest absolute Gasteiger partial charge is 0.508 e. The smallest absolute Gasteiger partial charge is 0.257 e. The molecule has 1 aromatic carbocycles. The number of halogens is 1. The molecule has 1 amide bonds. The molecule has 0 bridgehead atoms. The highest BCUT2D eigenvalue weighted by atomic mass is 19.1. The maximum Gasteiger partial charge on any atom is 0.257 e. The number of likely N-dealkylation sites (tertiary alicyclic amines) is 1. The molecule has 4 nitrogen and oxygen atoms in total. The molecule has 0 spiro atoms. The molecule has 1 heterocycles. The molecular weight excluding hydrogens is 235 g/mol. The minimum atomic E-state index is -0.671. The molecule has 0 aliphatic carbocycles. The van der Waals surface area contributed by atoms with Gasteiger partial charge in [0.1, 0.15) is 11.6 Å². The molecule has 1 aliphatic rings. The molecule has 0 aromatic heterocycles. The Hall–Kier alpha value is -1.62. The molecule has 2 rings (SSSR count). The van der Waals surface area contributed by atoms with Crippen molar-refractivity contribution >= 4 is 5.91 Å². The third-order valence-electron chi connectivity index (χ3n) is 3.26. The van der Waals surface area contributed by atoms with Crippen LogP contribution in [-0.2, 0) is 0 Å². The molecule has 2 N–H and O–H groups in total. The van der Waals surface area contributed by atoms with E-state index in [4.69, 9.17) is 5.11 Å². The van der Waals surface area contributed by atoms with Crippen LogP contribution < -0.4 is 5.32 Å². The number of likely N-dealkylation sites (N-methyl/N-ethyl adjacent to an activating group) is 1. The van der Waals surface area contributed by atoms with Crippen molar-refractivity contribution < 1.29 is 14.3 Å². The maximum absolute atomic E-state index is 13.6. The van der Waals surface area contributed by atoms with Crippen LogP contribution in [0.1, 0.15) is 23.2 Å². The summed E-state index contributed by atoms with van der Waals surface area (Å²) in [5, 5.41) is 12.2. The normalized spacial score (nSPS) is 19.2. The molecular formula is C13H17FN2O2. The molecule has 98 valence electrons. The van der Waals surface area contributed by atoms with Crippen molar-refractivity contribution in [3.05, 3.63) is 29.6 Å². The number of benzene rings is 1. The molecule has 1 saturated heterocycles. The van der Waals surface area contributed by atoms with Crippen LogP contribution in [0.25, 0.3) is 0 Å². The summed E-state index contributed by atoms with van der Waals surface area (Å²) in [6, 6.07) is 3.76. The summed E-state index contributed by atoms with van der Waals surface area (Å²) in [6.07, 6.45) is 1.88. The van der Waals surface area contributed by atoms with E-state index in [0.29, 0.717) is 13.1 Å². The van der Waals surface area contributed by atoms with E-state index in [9.17, 15) is 9.18 Å². The fourth-order valence-corrected chi connectivity index (χ4v) is 2.38. The molecule has 1 fully saturated rings. The Labute approximate surface area is 105 Å². The molecule has 1 aliphatic heterocycles. The first-order valence-corrected chi connectivity index (χ1v) is 6.07. The number of carbonyl (C=O) groups excluding carboxylic acids is 1. The maximum atomic E-state index is 13.6. The van der Waals surface area contributed by atoms with Crippen molar-refractivity contribution in [3.8, 4) is 5.75 Å². The van der Waals surface area contributed by atoms with E-state index in [0.717, 1.165) is 18.9 Å². The van der Waals surface area contributed by atoms with Crippen molar-refractivity contribution in [1.29, 1.82) is 0 Å². The molecule has 5 heteroatoms. The third-order valence-corrected chi connectivity index (χ3v) is 3.26. The zero-order valence-electron chi connectivity index (χ0n) is 10.3. The zero-order chi connectivity index (χ0) is 13.1. The number of hydrogen-bond donors (Lipinski definition) is 2. The summed E-state index contributed by atoms with van der Waals surface area (Å²) in [7, 11) is 1.84. The van der Waals surface area contributed by atoms with Gasteiger partial charge in [0.05, 0.1) is 5.56 Å². The van der Waals surface area contributed by atoms with Crippen LogP contribution in [0.5, 0.6) is 5.75 Å². The summed E-state index contributed by atoms with van der Waals surface area (Å²) in [5.74, 6) is -1.14. The Morgan fingerprint density at radius 2 is 2.39 bits per heavy atom. The first-order valence-electron chi connectivity index (χ1n) is 6.07. The van der Waals surface area contributed by atoms with Gasteiger partial charge in [-0.1, -0.05) is 0 Å². The van der Waals surface area contributed by atoms with Gasteiger partial charge < -0.3 is 15.3 Å². The van der Waals surface area contributed by atoms with Gasteiger partial charge in [-0.2, -0.15) is 0 Å². The van der Waals surface area contributed by atoms with E-state index >= 15 is 0 Å². The lowest BCUT2D eigenvalue weighted by Gasteiger charge is -2.24. The molecule has 18 heavy (non-hydrogen) atoms. The average Bonchev–Trinajstić information content (AvgIpc) is 2.77. The van der Waals surface area contributed by atoms with Crippen LogP contribution >= 0.6 is 0 Å². The van der Waals surface area contributed by atoms with E-state index in [2.05, 4.69) is 5.32 Å². The van der Waals surface area contributed by atoms with E-state index in [-0.39, 0.29) is 23.3 Å². The molecule has 1 unspecified atom stereocenters. The number of phenols is 1. The first kappa shape index (κ1) is 12.8. The predicted molar refractivity (Wildman–Crippen MR) is 66.1 cm³/mol. The van der Waals surface area contributed by atoms with Gasteiger partial charge in [-0.05, 0) is 32.0 Å². The second-order valence-corrected chi connectivity index (χ2v) is 4.52. The Balaban J connectivity index is 2.20. The van der Waals surface area contributed by atoms with Crippen molar-refractivity contribution in [3.63, 3.8) is 0 Å². The van der Waals surface area contributed by atoms with Gasteiger partial charge in [-0.25, -0.2) is 4.39 Å². The lowest BCUT2D eigenvalue weighted by atomic mass is 10.1. The van der Waals surface area contributed by atoms with Crippen molar-refractivity contribution in [1.82, 2.24) is 10.2 Å². The molecule has 0 radical (unpaired) electrons. The number of nitrogens with one attached hydrogen (secondary N) is 1. The number of rotatable bonds is 3. The zero-order valence-corrected chi connectivity index (χ0v) is 10.3. The van der Waals surface area contributed by atoms with Gasteiger partial charge in [0.15, 0.2) is 0 Å². The van der Waals surface area contributed by atoms with Gasteiger partial charge in [-0.3, -0.25) is 4.79 Å². The second-order valence-electron chi connectivity index (χ2n) is 4.52. The number of aromatic hydroxyl groups is 1. The van der Waals surface area contributed by atoms with E-state index < -0.39 is 5.82 Å². The lowest BCUT2D eigenvalue weighted by Crippen LogP contribution is -2.41. The van der Waals surface area contributed by atoms with Crippen molar-refractivity contribution in [2.24, 2.45) is 0 Å². The number of amides is 1. The van der Waals surface area contributed by atoms with Crippen LogP contribution in [0.3, 0.4) is 0 Å². The molecule has 1 aromatic rings. The Bertz CT molecular complexity index is 451. The molecule has 1 atom stereocenters. The first-order chi connectivity index (χ1) is 8.63. The Morgan fingerprint density at radius 1 is 1.61 bits per heavy atom. The third kappa shape index (κ3) is 2.46. The Morgan fingerprint density at radius 3 is 3.06 bits per heavy atom. The molecule has 0 saturated carbocycles. The summed E-state index contributed by atoms with van der Waals surface area (Å²) in [4.78, 5) is 13.9. The van der Waals surface area contributed by atoms with Crippen LogP contribution in [0.15, 0.2) is 18.2 Å². The van der Waals surface area contributed by atoms with Crippen LogP contribution in [0.2, 0.25) is 0 Å². The number of nitrogens with zero attached hydrogens (tertiary/aromatic N) is 1. The number of carbonyl (C=O) groups is 1. The van der Waals surface area contributed by atoms with Gasteiger partial charge in [0.2, 0.25) is 0 Å². The SMILES string of the molecule is CNCC1CCCN1C(=O)c1ccc(O)cc1F. The van der Waals surface area contributed by atoms with Gasteiger partial charge in [0, 0.05) is 25.2 Å². The van der Waals surface area contributed by atoms with E-state index in [1.165, 1.54) is 12.1 Å². The Kier molecular flexibility index (Phi) is 3.81. The monoisotopic (exact) mass is 252 g/mol. The fourth-order valence-electron chi connectivity index (χ4n) is 2.38. The fraction of sp³-hybridized carbons (Fsp3) is 0.462. The summed E-state index contributed by atoms with van der Waals surface area (Å²) in [6.45, 7) is 1.37. The van der Waals surface area contributed by atoms with Gasteiger partial charge >= 0.3 is 0 Å². The van der Waals surface area contributed by atoms with Crippen LogP contribution in [-0.4, -0.2) is 42.1 Å². The summed E-state index contributed by atoms with van der Waals surface area (Å²) < 4.78 is 13.6. The van der Waals surface area contributed by atoms with Crippen molar-refractivity contribution in [2.75, 3.05) is 20.1 Å². The topological polar surface area (TPSA) is 52.6 Å². The van der Waals surface area contributed by atoms with E-state index in [1.54, 1.807) is 4.90 Å². The summed E-state index contributed by atoms with van der Waals surface area (Å²) in [5.41, 5.74) is 0.0239. The predicted octanol–water partition coefficient (Wildman–Crippen LogP) is 1.36. The number of phenolic OH excluding ortho intramolecular Hbond substituents is 1. The number of hydrogen-bond acceptors (Lipinski definition) is 3. The highest BCUT2D eigenvalue weighted by molar-refractivity contribution is 5.95. The second kappa shape index (κ2) is 5.35. The minimum Gasteiger partial charge on any atom is -0.508 e. The summed E-state index contributed by atoms with van der Waals surface area (Å²) >= 11 is 0. The average molecular weight is 252 g/mol.